The molecule has 2 N–H and O–H groups in total. The highest BCUT2D eigenvalue weighted by atomic mass is 19.1. The van der Waals surface area contributed by atoms with Crippen LogP contribution < -0.4 is 10.6 Å². The van der Waals surface area contributed by atoms with Gasteiger partial charge < -0.3 is 15.2 Å². The van der Waals surface area contributed by atoms with Crippen LogP contribution in [0.25, 0.3) is 0 Å². The Bertz CT molecular complexity index is 1260. The molecule has 0 radical (unpaired) electrons. The SMILES string of the molecule is Cc1cc(NC(=O)c2c(C)c(C(=O)C(=O)Nc3ccc(C)c(F)c3)n(C)c2C)ccc1F. The van der Waals surface area contributed by atoms with Crippen LogP contribution in [0.15, 0.2) is 36.4 Å². The van der Waals surface area contributed by atoms with Crippen molar-refractivity contribution in [1.82, 2.24) is 4.57 Å². The minimum atomic E-state index is -0.946. The molecule has 0 atom stereocenters. The van der Waals surface area contributed by atoms with Gasteiger partial charge in [0.2, 0.25) is 0 Å². The molecule has 0 unspecified atom stereocenters. The van der Waals surface area contributed by atoms with E-state index in [1.54, 1.807) is 34.7 Å². The van der Waals surface area contributed by atoms with E-state index in [0.717, 1.165) is 6.07 Å². The van der Waals surface area contributed by atoms with Crippen molar-refractivity contribution in [3.05, 3.63) is 81.7 Å². The Labute approximate surface area is 184 Å². The maximum absolute atomic E-state index is 13.7. The summed E-state index contributed by atoms with van der Waals surface area (Å²) in [6, 6.07) is 8.31. The monoisotopic (exact) mass is 439 g/mol. The number of rotatable bonds is 5. The van der Waals surface area contributed by atoms with Gasteiger partial charge in [-0.3, -0.25) is 14.4 Å². The first-order valence-electron chi connectivity index (χ1n) is 9.86. The second-order valence-electron chi connectivity index (χ2n) is 7.66. The molecule has 2 amide bonds. The Balaban J connectivity index is 1.87. The lowest BCUT2D eigenvalue weighted by molar-refractivity contribution is -0.112. The lowest BCUT2D eigenvalue weighted by atomic mass is 10.1. The first kappa shape index (κ1) is 22.9. The number of amides is 2. The molecular formula is C24H23F2N3O3. The maximum atomic E-state index is 13.7. The molecule has 3 aromatic rings. The standard InChI is InChI=1S/C24H23F2N3O3/c1-12-6-7-17(11-19(12)26)28-24(32)22(30)21-14(3)20(15(4)29(21)5)23(31)27-16-8-9-18(25)13(2)10-16/h6-11H,1-5H3,(H,27,31)(H,28,32). The molecule has 8 heteroatoms. The van der Waals surface area contributed by atoms with Crippen LogP contribution in [-0.2, 0) is 11.8 Å². The minimum absolute atomic E-state index is 0.0491. The van der Waals surface area contributed by atoms with Gasteiger partial charge in [-0.15, -0.1) is 0 Å². The van der Waals surface area contributed by atoms with E-state index in [0.29, 0.717) is 28.1 Å². The van der Waals surface area contributed by atoms with Crippen molar-refractivity contribution in [1.29, 1.82) is 0 Å². The highest BCUT2D eigenvalue weighted by Gasteiger charge is 2.28. The number of aryl methyl sites for hydroxylation is 2. The second kappa shape index (κ2) is 8.74. The van der Waals surface area contributed by atoms with E-state index in [4.69, 9.17) is 0 Å². The summed E-state index contributed by atoms with van der Waals surface area (Å²) >= 11 is 0. The van der Waals surface area contributed by atoms with E-state index in [9.17, 15) is 23.2 Å². The predicted molar refractivity (Wildman–Crippen MR) is 118 cm³/mol. The highest BCUT2D eigenvalue weighted by molar-refractivity contribution is 6.46. The van der Waals surface area contributed by atoms with Gasteiger partial charge in [0.05, 0.1) is 11.3 Å². The van der Waals surface area contributed by atoms with Gasteiger partial charge in [0.15, 0.2) is 0 Å². The average molecular weight is 439 g/mol. The molecule has 0 fully saturated rings. The van der Waals surface area contributed by atoms with Gasteiger partial charge in [-0.05, 0) is 74.7 Å². The highest BCUT2D eigenvalue weighted by Crippen LogP contribution is 2.24. The van der Waals surface area contributed by atoms with Gasteiger partial charge in [0.1, 0.15) is 11.6 Å². The second-order valence-corrected chi connectivity index (χ2v) is 7.66. The quantitative estimate of drug-likeness (QED) is 0.450. The average Bonchev–Trinajstić information content (AvgIpc) is 2.95. The van der Waals surface area contributed by atoms with E-state index in [-0.39, 0.29) is 22.8 Å². The van der Waals surface area contributed by atoms with E-state index < -0.39 is 23.4 Å². The zero-order chi connectivity index (χ0) is 23.7. The summed E-state index contributed by atoms with van der Waals surface area (Å²) in [6.45, 7) is 6.40. The Kier molecular flexibility index (Phi) is 6.25. The van der Waals surface area contributed by atoms with E-state index in [1.807, 2.05) is 0 Å². The van der Waals surface area contributed by atoms with Crippen molar-refractivity contribution in [2.75, 3.05) is 10.6 Å². The van der Waals surface area contributed by atoms with Gasteiger partial charge in [0, 0.05) is 24.1 Å². The fourth-order valence-electron chi connectivity index (χ4n) is 3.52. The summed E-state index contributed by atoms with van der Waals surface area (Å²) in [5.41, 5.74) is 2.45. The summed E-state index contributed by atoms with van der Waals surface area (Å²) in [5.74, 6) is -3.18. The third-order valence-electron chi connectivity index (χ3n) is 5.42. The van der Waals surface area contributed by atoms with Crippen molar-refractivity contribution >= 4 is 29.0 Å². The molecule has 166 valence electrons. The van der Waals surface area contributed by atoms with Gasteiger partial charge in [-0.1, -0.05) is 6.07 Å². The van der Waals surface area contributed by atoms with Crippen molar-refractivity contribution in [2.45, 2.75) is 27.7 Å². The Morgan fingerprint density at radius 2 is 1.44 bits per heavy atom. The number of nitrogens with zero attached hydrogens (tertiary/aromatic N) is 1. The fourth-order valence-corrected chi connectivity index (χ4v) is 3.52. The zero-order valence-corrected chi connectivity index (χ0v) is 18.4. The number of hydrogen-bond acceptors (Lipinski definition) is 3. The topological polar surface area (TPSA) is 80.2 Å². The number of nitrogens with one attached hydrogen (secondary N) is 2. The number of Topliss-reactive ketones (excluding diaryl/α,β-unsaturated/α-hetero) is 1. The Morgan fingerprint density at radius 3 is 2.06 bits per heavy atom. The molecular weight excluding hydrogens is 416 g/mol. The van der Waals surface area contributed by atoms with E-state index in [2.05, 4.69) is 10.6 Å². The molecule has 0 bridgehead atoms. The molecule has 0 aliphatic heterocycles. The molecule has 6 nitrogen and oxygen atoms in total. The van der Waals surface area contributed by atoms with E-state index >= 15 is 0 Å². The molecule has 0 spiro atoms. The Hall–Kier alpha value is -3.81. The number of carbonyl (C=O) groups excluding carboxylic acids is 3. The summed E-state index contributed by atoms with van der Waals surface area (Å²) in [5, 5.41) is 5.09. The van der Waals surface area contributed by atoms with Crippen molar-refractivity contribution in [3.63, 3.8) is 0 Å². The van der Waals surface area contributed by atoms with Crippen LogP contribution in [0.4, 0.5) is 20.2 Å². The third-order valence-corrected chi connectivity index (χ3v) is 5.42. The molecule has 0 saturated carbocycles. The zero-order valence-electron chi connectivity index (χ0n) is 18.4. The first-order valence-corrected chi connectivity index (χ1v) is 9.86. The third kappa shape index (κ3) is 4.30. The van der Waals surface area contributed by atoms with Crippen molar-refractivity contribution in [3.8, 4) is 0 Å². The number of carbonyl (C=O) groups is 3. The first-order chi connectivity index (χ1) is 15.0. The summed E-state index contributed by atoms with van der Waals surface area (Å²) in [7, 11) is 1.58. The number of halogens is 2. The molecule has 0 aliphatic rings. The Morgan fingerprint density at radius 1 is 0.812 bits per heavy atom. The number of hydrogen-bond donors (Lipinski definition) is 2. The molecule has 1 heterocycles. The fraction of sp³-hybridized carbons (Fsp3) is 0.208. The van der Waals surface area contributed by atoms with Gasteiger partial charge >= 0.3 is 0 Å². The molecule has 0 aliphatic carbocycles. The molecule has 0 saturated heterocycles. The number of ketones is 1. The number of benzene rings is 2. The predicted octanol–water partition coefficient (Wildman–Crippen LogP) is 4.61. The van der Waals surface area contributed by atoms with E-state index in [1.165, 1.54) is 34.9 Å². The minimum Gasteiger partial charge on any atom is -0.344 e. The van der Waals surface area contributed by atoms with Crippen LogP contribution in [0.2, 0.25) is 0 Å². The van der Waals surface area contributed by atoms with Crippen LogP contribution >= 0.6 is 0 Å². The largest absolute Gasteiger partial charge is 0.344 e. The summed E-state index contributed by atoms with van der Waals surface area (Å²) < 4.78 is 28.7. The smallest absolute Gasteiger partial charge is 0.298 e. The van der Waals surface area contributed by atoms with Crippen LogP contribution in [0.3, 0.4) is 0 Å². The molecule has 1 aromatic heterocycles. The lowest BCUT2D eigenvalue weighted by Crippen LogP contribution is -2.25. The van der Waals surface area contributed by atoms with Gasteiger partial charge in [-0.2, -0.15) is 0 Å². The number of anilines is 2. The van der Waals surface area contributed by atoms with Crippen LogP contribution in [0.1, 0.15) is 43.2 Å². The molecule has 3 rings (SSSR count). The summed E-state index contributed by atoms with van der Waals surface area (Å²) in [4.78, 5) is 38.3. The van der Waals surface area contributed by atoms with Crippen molar-refractivity contribution in [2.24, 2.45) is 7.05 Å². The molecule has 2 aromatic carbocycles. The van der Waals surface area contributed by atoms with Crippen LogP contribution in [-0.4, -0.2) is 22.2 Å². The van der Waals surface area contributed by atoms with Crippen LogP contribution in [0.5, 0.6) is 0 Å². The van der Waals surface area contributed by atoms with Crippen LogP contribution in [0, 0.1) is 39.3 Å². The number of aromatic nitrogens is 1. The van der Waals surface area contributed by atoms with Crippen molar-refractivity contribution < 1.29 is 23.2 Å². The maximum Gasteiger partial charge on any atom is 0.298 e. The van der Waals surface area contributed by atoms with Gasteiger partial charge in [0.25, 0.3) is 17.6 Å². The summed E-state index contributed by atoms with van der Waals surface area (Å²) in [6.07, 6.45) is 0. The lowest BCUT2D eigenvalue weighted by Gasteiger charge is -2.08. The molecule has 32 heavy (non-hydrogen) atoms. The van der Waals surface area contributed by atoms with Gasteiger partial charge in [-0.25, -0.2) is 8.78 Å². The normalized spacial score (nSPS) is 10.7.